The number of amides is 1. The maximum absolute atomic E-state index is 13.2. The summed E-state index contributed by atoms with van der Waals surface area (Å²) in [5, 5.41) is 0. The van der Waals surface area contributed by atoms with Crippen LogP contribution in [0.5, 0.6) is 0 Å². The molecule has 2 aromatic carbocycles. The second-order valence-electron chi connectivity index (χ2n) is 7.88. The zero-order chi connectivity index (χ0) is 20.6. The van der Waals surface area contributed by atoms with Crippen LogP contribution in [0.25, 0.3) is 0 Å². The number of piperazine rings is 1. The Morgan fingerprint density at radius 3 is 2.52 bits per heavy atom. The molecule has 0 radical (unpaired) electrons. The van der Waals surface area contributed by atoms with Crippen molar-refractivity contribution in [3.8, 4) is 0 Å². The molecule has 6 nitrogen and oxygen atoms in total. The molecule has 0 aromatic heterocycles. The average Bonchev–Trinajstić information content (AvgIpc) is 3.14. The SMILES string of the molecule is CC(=O)N1CCc2cc(S(=O)(=O)N3CCN(Cc4ccccc4)C(C)C3)ccc21. The predicted octanol–water partition coefficient (Wildman–Crippen LogP) is 2.49. The molecule has 1 fully saturated rings. The van der Waals surface area contributed by atoms with Crippen molar-refractivity contribution in [2.24, 2.45) is 0 Å². The van der Waals surface area contributed by atoms with E-state index >= 15 is 0 Å². The summed E-state index contributed by atoms with van der Waals surface area (Å²) >= 11 is 0. The van der Waals surface area contributed by atoms with Gasteiger partial charge in [0.2, 0.25) is 15.9 Å². The number of benzene rings is 2. The normalized spacial score (nSPS) is 20.6. The number of fused-ring (bicyclic) bond motifs is 1. The molecule has 2 heterocycles. The van der Waals surface area contributed by atoms with Crippen LogP contribution in [0.15, 0.2) is 53.4 Å². The molecular formula is C22H27N3O3S. The van der Waals surface area contributed by atoms with Crippen LogP contribution in [0.4, 0.5) is 5.69 Å². The lowest BCUT2D eigenvalue weighted by Crippen LogP contribution is -2.53. The highest BCUT2D eigenvalue weighted by atomic mass is 32.2. The molecule has 2 aliphatic rings. The van der Waals surface area contributed by atoms with Gasteiger partial charge in [-0.2, -0.15) is 4.31 Å². The molecule has 0 saturated carbocycles. The van der Waals surface area contributed by atoms with E-state index < -0.39 is 10.0 Å². The molecule has 4 rings (SSSR count). The highest BCUT2D eigenvalue weighted by molar-refractivity contribution is 7.89. The molecular weight excluding hydrogens is 386 g/mol. The van der Waals surface area contributed by atoms with E-state index in [2.05, 4.69) is 24.0 Å². The average molecular weight is 414 g/mol. The largest absolute Gasteiger partial charge is 0.312 e. The van der Waals surface area contributed by atoms with Crippen molar-refractivity contribution in [2.75, 3.05) is 31.1 Å². The van der Waals surface area contributed by atoms with E-state index in [1.807, 2.05) is 18.2 Å². The van der Waals surface area contributed by atoms with E-state index in [1.54, 1.807) is 27.4 Å². The Morgan fingerprint density at radius 2 is 1.83 bits per heavy atom. The molecule has 7 heteroatoms. The number of hydrogen-bond acceptors (Lipinski definition) is 4. The number of hydrogen-bond donors (Lipinski definition) is 0. The molecule has 2 aliphatic heterocycles. The van der Waals surface area contributed by atoms with Crippen molar-refractivity contribution in [3.63, 3.8) is 0 Å². The summed E-state index contributed by atoms with van der Waals surface area (Å²) in [5.74, 6) is -0.0114. The van der Waals surface area contributed by atoms with Gasteiger partial charge in [-0.1, -0.05) is 30.3 Å². The maximum atomic E-state index is 13.2. The fraction of sp³-hybridized carbons (Fsp3) is 0.409. The van der Waals surface area contributed by atoms with Gasteiger partial charge in [0.25, 0.3) is 0 Å². The molecule has 0 aliphatic carbocycles. The molecule has 1 saturated heterocycles. The summed E-state index contributed by atoms with van der Waals surface area (Å²) in [4.78, 5) is 16.1. The van der Waals surface area contributed by atoms with Crippen LogP contribution in [-0.4, -0.2) is 55.8 Å². The van der Waals surface area contributed by atoms with Crippen molar-refractivity contribution in [3.05, 3.63) is 59.7 Å². The van der Waals surface area contributed by atoms with Gasteiger partial charge in [-0.3, -0.25) is 9.69 Å². The Kier molecular flexibility index (Phi) is 5.46. The molecule has 0 bridgehead atoms. The second-order valence-corrected chi connectivity index (χ2v) is 9.82. The third-order valence-corrected chi connectivity index (χ3v) is 7.78. The van der Waals surface area contributed by atoms with Crippen molar-refractivity contribution in [1.82, 2.24) is 9.21 Å². The van der Waals surface area contributed by atoms with Crippen molar-refractivity contribution in [1.29, 1.82) is 0 Å². The minimum Gasteiger partial charge on any atom is -0.312 e. The molecule has 29 heavy (non-hydrogen) atoms. The van der Waals surface area contributed by atoms with Gasteiger partial charge in [-0.15, -0.1) is 0 Å². The van der Waals surface area contributed by atoms with E-state index in [9.17, 15) is 13.2 Å². The lowest BCUT2D eigenvalue weighted by Gasteiger charge is -2.39. The van der Waals surface area contributed by atoms with Crippen LogP contribution in [0.2, 0.25) is 0 Å². The Bertz CT molecular complexity index is 1010. The number of sulfonamides is 1. The highest BCUT2D eigenvalue weighted by Crippen LogP contribution is 2.31. The van der Waals surface area contributed by atoms with Crippen molar-refractivity contribution < 1.29 is 13.2 Å². The van der Waals surface area contributed by atoms with Crippen molar-refractivity contribution in [2.45, 2.75) is 37.8 Å². The van der Waals surface area contributed by atoms with Crippen LogP contribution >= 0.6 is 0 Å². The van der Waals surface area contributed by atoms with Crippen molar-refractivity contribution >= 4 is 21.6 Å². The van der Waals surface area contributed by atoms with E-state index in [0.29, 0.717) is 37.5 Å². The summed E-state index contributed by atoms with van der Waals surface area (Å²) in [5.41, 5.74) is 3.00. The van der Waals surface area contributed by atoms with Gasteiger partial charge in [0, 0.05) is 51.4 Å². The first-order valence-electron chi connectivity index (χ1n) is 10.1. The second kappa shape index (κ2) is 7.89. The highest BCUT2D eigenvalue weighted by Gasteiger charge is 2.33. The topological polar surface area (TPSA) is 60.9 Å². The summed E-state index contributed by atoms with van der Waals surface area (Å²) in [6.07, 6.45) is 0.694. The third kappa shape index (κ3) is 3.95. The van der Waals surface area contributed by atoms with Crippen LogP contribution in [0, 0.1) is 0 Å². The maximum Gasteiger partial charge on any atom is 0.243 e. The molecule has 1 atom stereocenters. The molecule has 154 valence electrons. The van der Waals surface area contributed by atoms with Crippen LogP contribution in [0.1, 0.15) is 25.0 Å². The predicted molar refractivity (Wildman–Crippen MR) is 113 cm³/mol. The Labute approximate surface area is 172 Å². The smallest absolute Gasteiger partial charge is 0.243 e. The number of anilines is 1. The van der Waals surface area contributed by atoms with Crippen LogP contribution < -0.4 is 4.90 Å². The van der Waals surface area contributed by atoms with Gasteiger partial charge < -0.3 is 4.90 Å². The van der Waals surface area contributed by atoms with Gasteiger partial charge in [0.15, 0.2) is 0 Å². The van der Waals surface area contributed by atoms with E-state index in [0.717, 1.165) is 17.8 Å². The molecule has 0 spiro atoms. The van der Waals surface area contributed by atoms with Gasteiger partial charge in [0.1, 0.15) is 0 Å². The number of nitrogens with zero attached hydrogens (tertiary/aromatic N) is 3. The zero-order valence-electron chi connectivity index (χ0n) is 16.9. The molecule has 1 amide bonds. The molecule has 2 aromatic rings. The Balaban J connectivity index is 1.48. The summed E-state index contributed by atoms with van der Waals surface area (Å²) < 4.78 is 28.1. The first-order valence-corrected chi connectivity index (χ1v) is 11.5. The number of rotatable bonds is 4. The summed E-state index contributed by atoms with van der Waals surface area (Å²) in [6.45, 7) is 6.73. The first-order chi connectivity index (χ1) is 13.9. The quantitative estimate of drug-likeness (QED) is 0.773. The summed E-state index contributed by atoms with van der Waals surface area (Å²) in [6, 6.07) is 15.6. The minimum absolute atomic E-state index is 0.0114. The fourth-order valence-electron chi connectivity index (χ4n) is 4.25. The Hall–Kier alpha value is -2.22. The number of carbonyl (C=O) groups excluding carboxylic acids is 1. The van der Waals surface area contributed by atoms with Gasteiger partial charge in [-0.25, -0.2) is 8.42 Å². The zero-order valence-corrected chi connectivity index (χ0v) is 17.7. The van der Waals surface area contributed by atoms with Gasteiger partial charge in [-0.05, 0) is 42.7 Å². The third-order valence-electron chi connectivity index (χ3n) is 5.92. The Morgan fingerprint density at radius 1 is 1.07 bits per heavy atom. The monoisotopic (exact) mass is 413 g/mol. The molecule has 1 unspecified atom stereocenters. The van der Waals surface area contributed by atoms with Gasteiger partial charge in [0.05, 0.1) is 4.90 Å². The van der Waals surface area contributed by atoms with Crippen LogP contribution in [-0.2, 0) is 27.8 Å². The lowest BCUT2D eigenvalue weighted by molar-refractivity contribution is -0.116. The first kappa shape index (κ1) is 20.1. The number of carbonyl (C=O) groups is 1. The van der Waals surface area contributed by atoms with Crippen LogP contribution in [0.3, 0.4) is 0 Å². The van der Waals surface area contributed by atoms with E-state index in [1.165, 1.54) is 12.5 Å². The lowest BCUT2D eigenvalue weighted by atomic mass is 10.1. The fourth-order valence-corrected chi connectivity index (χ4v) is 5.81. The molecule has 0 N–H and O–H groups in total. The van der Waals surface area contributed by atoms with E-state index in [-0.39, 0.29) is 11.9 Å². The van der Waals surface area contributed by atoms with Gasteiger partial charge >= 0.3 is 0 Å². The standard InChI is InChI=1S/C22H27N3O3S/c1-17-15-24(13-12-23(17)16-19-6-4-3-5-7-19)29(27,28)21-8-9-22-20(14-21)10-11-25(22)18(2)26/h3-9,14,17H,10-13,15-16H2,1-2H3. The van der Waals surface area contributed by atoms with E-state index in [4.69, 9.17) is 0 Å². The minimum atomic E-state index is -3.55. The summed E-state index contributed by atoms with van der Waals surface area (Å²) in [7, 11) is -3.55.